The lowest BCUT2D eigenvalue weighted by atomic mass is 9.94. The van der Waals surface area contributed by atoms with Crippen molar-refractivity contribution in [3.8, 4) is 0 Å². The molecule has 3 atom stereocenters. The molecule has 0 aliphatic heterocycles. The quantitative estimate of drug-likeness (QED) is 0.465. The van der Waals surface area contributed by atoms with Gasteiger partial charge in [0, 0.05) is 42.4 Å². The van der Waals surface area contributed by atoms with Gasteiger partial charge in [-0.3, -0.25) is 9.97 Å². The van der Waals surface area contributed by atoms with Gasteiger partial charge in [0.05, 0.1) is 6.10 Å². The van der Waals surface area contributed by atoms with Gasteiger partial charge >= 0.3 is 6.09 Å². The molecular weight excluding hydrogens is 392 g/mol. The van der Waals surface area contributed by atoms with E-state index in [4.69, 9.17) is 10.5 Å². The minimum absolute atomic E-state index is 0.123. The Kier molecular flexibility index (Phi) is 8.51. The number of aromatic nitrogens is 2. The second-order valence-electron chi connectivity index (χ2n) is 7.49. The van der Waals surface area contributed by atoms with Crippen LogP contribution in [0.25, 0.3) is 0 Å². The van der Waals surface area contributed by atoms with Crippen molar-refractivity contribution in [3.63, 3.8) is 0 Å². The summed E-state index contributed by atoms with van der Waals surface area (Å²) in [6.07, 6.45) is 6.75. The zero-order chi connectivity index (χ0) is 21.9. The molecule has 0 saturated carbocycles. The number of nitrogens with zero attached hydrogens (tertiary/aromatic N) is 2. The van der Waals surface area contributed by atoms with Crippen LogP contribution < -0.4 is 11.1 Å². The molecule has 7 nitrogen and oxygen atoms in total. The second-order valence-corrected chi connectivity index (χ2v) is 7.49. The Labute approximate surface area is 182 Å². The number of amides is 1. The van der Waals surface area contributed by atoms with Crippen LogP contribution in [0.1, 0.15) is 23.1 Å². The monoisotopic (exact) mass is 420 g/mol. The predicted molar refractivity (Wildman–Crippen MR) is 118 cm³/mol. The molecule has 0 aliphatic carbocycles. The molecule has 0 unspecified atom stereocenters. The summed E-state index contributed by atoms with van der Waals surface area (Å²) in [5.41, 5.74) is 9.10. The number of aliphatic hydroxyl groups is 1. The van der Waals surface area contributed by atoms with Gasteiger partial charge in [-0.05, 0) is 48.6 Å². The van der Waals surface area contributed by atoms with Crippen LogP contribution >= 0.6 is 0 Å². The Bertz CT molecular complexity index is 910. The summed E-state index contributed by atoms with van der Waals surface area (Å²) in [7, 11) is 0. The summed E-state index contributed by atoms with van der Waals surface area (Å²) in [5, 5.41) is 13.6. The number of nitrogens with two attached hydrogens (primary N) is 1. The summed E-state index contributed by atoms with van der Waals surface area (Å²) in [5.74, 6) is 0. The number of alkyl carbamates (subject to hydrolysis) is 1. The van der Waals surface area contributed by atoms with Gasteiger partial charge in [0.1, 0.15) is 6.61 Å². The van der Waals surface area contributed by atoms with Gasteiger partial charge in [0.2, 0.25) is 0 Å². The molecule has 4 N–H and O–H groups in total. The topological polar surface area (TPSA) is 110 Å². The van der Waals surface area contributed by atoms with Crippen LogP contribution in [0.3, 0.4) is 0 Å². The maximum absolute atomic E-state index is 12.4. The van der Waals surface area contributed by atoms with E-state index in [2.05, 4.69) is 15.3 Å². The van der Waals surface area contributed by atoms with E-state index < -0.39 is 18.2 Å². The van der Waals surface area contributed by atoms with Crippen molar-refractivity contribution >= 4 is 6.09 Å². The Morgan fingerprint density at radius 2 is 1.65 bits per heavy atom. The van der Waals surface area contributed by atoms with E-state index in [0.717, 1.165) is 16.7 Å². The minimum atomic E-state index is -0.786. The summed E-state index contributed by atoms with van der Waals surface area (Å²) in [6.45, 7) is 0.123. The second kappa shape index (κ2) is 11.8. The van der Waals surface area contributed by atoms with E-state index in [-0.39, 0.29) is 12.6 Å². The highest BCUT2D eigenvalue weighted by atomic mass is 16.5. The first-order valence-corrected chi connectivity index (χ1v) is 10.3. The fraction of sp³-hybridized carbons (Fsp3) is 0.292. The van der Waals surface area contributed by atoms with Gasteiger partial charge in [0.25, 0.3) is 0 Å². The third-order valence-electron chi connectivity index (χ3n) is 4.98. The van der Waals surface area contributed by atoms with Gasteiger partial charge in [-0.25, -0.2) is 4.79 Å². The van der Waals surface area contributed by atoms with Crippen LogP contribution in [0.4, 0.5) is 4.79 Å². The zero-order valence-electron chi connectivity index (χ0n) is 17.3. The number of aliphatic hydroxyl groups excluding tert-OH is 1. The average molecular weight is 421 g/mol. The molecule has 7 heteroatoms. The Hall–Kier alpha value is -3.29. The third kappa shape index (κ3) is 7.81. The van der Waals surface area contributed by atoms with Crippen LogP contribution in [-0.2, 0) is 24.2 Å². The summed E-state index contributed by atoms with van der Waals surface area (Å²) < 4.78 is 5.32. The van der Waals surface area contributed by atoms with Crippen LogP contribution in [0, 0.1) is 0 Å². The molecule has 0 saturated heterocycles. The molecule has 1 amide bonds. The van der Waals surface area contributed by atoms with Gasteiger partial charge < -0.3 is 20.9 Å². The lowest BCUT2D eigenvalue weighted by molar-refractivity contribution is 0.109. The maximum Gasteiger partial charge on any atom is 0.407 e. The smallest absolute Gasteiger partial charge is 0.407 e. The van der Waals surface area contributed by atoms with Crippen molar-refractivity contribution in [2.45, 2.75) is 44.1 Å². The number of hydrogen-bond donors (Lipinski definition) is 3. The fourth-order valence-electron chi connectivity index (χ4n) is 3.33. The first-order valence-electron chi connectivity index (χ1n) is 10.3. The van der Waals surface area contributed by atoms with E-state index >= 15 is 0 Å². The molecule has 2 aromatic heterocycles. The van der Waals surface area contributed by atoms with Crippen LogP contribution in [0.2, 0.25) is 0 Å². The summed E-state index contributed by atoms with van der Waals surface area (Å²) in [6, 6.07) is 16.4. The first kappa shape index (κ1) is 22.4. The molecule has 0 radical (unpaired) electrons. The van der Waals surface area contributed by atoms with E-state index in [0.29, 0.717) is 19.3 Å². The largest absolute Gasteiger partial charge is 0.445 e. The van der Waals surface area contributed by atoms with Gasteiger partial charge in [-0.1, -0.05) is 36.4 Å². The molecule has 0 fully saturated rings. The highest BCUT2D eigenvalue weighted by Gasteiger charge is 2.23. The summed E-state index contributed by atoms with van der Waals surface area (Å²) >= 11 is 0. The predicted octanol–water partition coefficient (Wildman–Crippen LogP) is 2.64. The van der Waals surface area contributed by atoms with E-state index in [1.165, 1.54) is 0 Å². The van der Waals surface area contributed by atoms with Crippen LogP contribution in [-0.4, -0.2) is 39.4 Å². The highest BCUT2D eigenvalue weighted by Crippen LogP contribution is 2.13. The number of nitrogens with one attached hydrogen (secondary N) is 1. The highest BCUT2D eigenvalue weighted by molar-refractivity contribution is 5.67. The number of benzene rings is 1. The van der Waals surface area contributed by atoms with E-state index in [1.54, 1.807) is 30.9 Å². The molecule has 3 rings (SSSR count). The number of rotatable bonds is 10. The molecule has 31 heavy (non-hydrogen) atoms. The molecule has 3 aromatic rings. The van der Waals surface area contributed by atoms with E-state index in [9.17, 15) is 9.90 Å². The van der Waals surface area contributed by atoms with Gasteiger partial charge in [-0.2, -0.15) is 0 Å². The molecule has 162 valence electrons. The van der Waals surface area contributed by atoms with Gasteiger partial charge in [-0.15, -0.1) is 0 Å². The number of carbonyl (C=O) groups excluding carboxylic acids is 1. The molecule has 0 aliphatic rings. The van der Waals surface area contributed by atoms with Crippen molar-refractivity contribution in [2.75, 3.05) is 0 Å². The molecule has 2 heterocycles. The lowest BCUT2D eigenvalue weighted by Gasteiger charge is -2.25. The Balaban J connectivity index is 1.59. The Morgan fingerprint density at radius 1 is 0.935 bits per heavy atom. The number of pyridine rings is 2. The van der Waals surface area contributed by atoms with Crippen molar-refractivity contribution in [3.05, 3.63) is 96.1 Å². The summed E-state index contributed by atoms with van der Waals surface area (Å²) in [4.78, 5) is 20.4. The van der Waals surface area contributed by atoms with Gasteiger partial charge in [0.15, 0.2) is 0 Å². The SMILES string of the molecule is N[C@@H](Cc1ccccc1)[C@@H](O)C[C@H](Cc1ccncc1)NC(=O)OCc1cccnc1. The minimum Gasteiger partial charge on any atom is -0.445 e. The third-order valence-corrected chi connectivity index (χ3v) is 4.98. The number of ether oxygens (including phenoxy) is 1. The average Bonchev–Trinajstić information content (AvgIpc) is 2.79. The van der Waals surface area contributed by atoms with Crippen LogP contribution in [0.5, 0.6) is 0 Å². The zero-order valence-corrected chi connectivity index (χ0v) is 17.3. The van der Waals surface area contributed by atoms with Crippen molar-refractivity contribution in [2.24, 2.45) is 5.73 Å². The Morgan fingerprint density at radius 3 is 2.35 bits per heavy atom. The molecule has 0 spiro atoms. The van der Waals surface area contributed by atoms with Crippen LogP contribution in [0.15, 0.2) is 79.4 Å². The number of carbonyl (C=O) groups is 1. The lowest BCUT2D eigenvalue weighted by Crippen LogP contribution is -2.44. The fourth-order valence-corrected chi connectivity index (χ4v) is 3.33. The normalized spacial score (nSPS) is 13.7. The standard InChI is InChI=1S/C24H28N4O3/c25-22(14-18-5-2-1-3-6-18)23(29)15-21(13-19-8-11-26-12-9-19)28-24(30)31-17-20-7-4-10-27-16-20/h1-12,16,21-23,29H,13-15,17,25H2,(H,28,30)/t21-,22-,23-/m0/s1. The number of hydrogen-bond acceptors (Lipinski definition) is 6. The first-order chi connectivity index (χ1) is 15.1. The molecule has 1 aromatic carbocycles. The van der Waals surface area contributed by atoms with E-state index in [1.807, 2.05) is 48.5 Å². The van der Waals surface area contributed by atoms with Crippen molar-refractivity contribution < 1.29 is 14.6 Å². The van der Waals surface area contributed by atoms with Crippen molar-refractivity contribution in [1.29, 1.82) is 0 Å². The van der Waals surface area contributed by atoms with Crippen molar-refractivity contribution in [1.82, 2.24) is 15.3 Å². The molecular formula is C24H28N4O3. The molecule has 0 bridgehead atoms. The maximum atomic E-state index is 12.4.